The zero-order valence-electron chi connectivity index (χ0n) is 14.6. The molecule has 0 aliphatic heterocycles. The van der Waals surface area contributed by atoms with Gasteiger partial charge in [0.2, 0.25) is 0 Å². The highest BCUT2D eigenvalue weighted by atomic mass is 16.5. The van der Waals surface area contributed by atoms with Gasteiger partial charge in [-0.3, -0.25) is 4.79 Å². The number of anilines is 1. The van der Waals surface area contributed by atoms with Gasteiger partial charge in [-0.25, -0.2) is 4.79 Å². The van der Waals surface area contributed by atoms with E-state index >= 15 is 0 Å². The summed E-state index contributed by atoms with van der Waals surface area (Å²) in [5, 5.41) is 0. The molecule has 0 amide bonds. The van der Waals surface area contributed by atoms with E-state index < -0.39 is 5.97 Å². The van der Waals surface area contributed by atoms with Gasteiger partial charge in [-0.05, 0) is 29.2 Å². The summed E-state index contributed by atoms with van der Waals surface area (Å²) in [5.41, 5.74) is 8.53. The van der Waals surface area contributed by atoms with Gasteiger partial charge in [-0.15, -0.1) is 0 Å². The maximum Gasteiger partial charge on any atom is 0.337 e. The third kappa shape index (κ3) is 4.00. The minimum atomic E-state index is -0.498. The van der Waals surface area contributed by atoms with E-state index in [1.165, 1.54) is 13.2 Å². The molecule has 24 heavy (non-hydrogen) atoms. The van der Waals surface area contributed by atoms with Crippen LogP contribution in [0.4, 0.5) is 5.69 Å². The van der Waals surface area contributed by atoms with Crippen LogP contribution in [0.1, 0.15) is 52.6 Å². The standard InChI is InChI=1S/C19H21NO3.H3N/c1-19(2,3)14-8-5-12(6-9-14)17(21)15-11-13(18(22)23-4)7-10-16(15)20;/h5-11H,20H2,1-4H3;1H3. The van der Waals surface area contributed by atoms with Crippen molar-refractivity contribution in [1.82, 2.24) is 6.15 Å². The first-order valence-corrected chi connectivity index (χ1v) is 7.37. The Morgan fingerprint density at radius 2 is 1.50 bits per heavy atom. The molecule has 0 radical (unpaired) electrons. The highest BCUT2D eigenvalue weighted by Gasteiger charge is 2.18. The largest absolute Gasteiger partial charge is 0.465 e. The molecule has 5 heteroatoms. The van der Waals surface area contributed by atoms with Gasteiger partial charge in [0.15, 0.2) is 5.78 Å². The number of carbonyl (C=O) groups excluding carboxylic acids is 2. The summed E-state index contributed by atoms with van der Waals surface area (Å²) < 4.78 is 4.68. The quantitative estimate of drug-likeness (QED) is 0.507. The summed E-state index contributed by atoms with van der Waals surface area (Å²) >= 11 is 0. The summed E-state index contributed by atoms with van der Waals surface area (Å²) in [4.78, 5) is 24.3. The van der Waals surface area contributed by atoms with E-state index in [0.29, 0.717) is 22.4 Å². The second-order valence-electron chi connectivity index (χ2n) is 6.45. The van der Waals surface area contributed by atoms with Gasteiger partial charge in [0.25, 0.3) is 0 Å². The second-order valence-corrected chi connectivity index (χ2v) is 6.45. The van der Waals surface area contributed by atoms with E-state index in [4.69, 9.17) is 5.73 Å². The second kappa shape index (κ2) is 7.27. The predicted octanol–water partition coefficient (Wildman–Crippen LogP) is 3.75. The van der Waals surface area contributed by atoms with E-state index in [0.717, 1.165) is 5.56 Å². The van der Waals surface area contributed by atoms with Crippen molar-refractivity contribution in [3.63, 3.8) is 0 Å². The van der Waals surface area contributed by atoms with Crippen molar-refractivity contribution >= 4 is 17.4 Å². The van der Waals surface area contributed by atoms with Crippen molar-refractivity contribution in [2.75, 3.05) is 12.8 Å². The Labute approximate surface area is 142 Å². The van der Waals surface area contributed by atoms with Crippen molar-refractivity contribution in [3.8, 4) is 0 Å². The number of nitrogen functional groups attached to an aromatic ring is 1. The van der Waals surface area contributed by atoms with Crippen LogP contribution in [0, 0.1) is 0 Å². The molecule has 0 heterocycles. The SMILES string of the molecule is COC(=O)c1ccc(N)c(C(=O)c2ccc(C(C)(C)C)cc2)c1.N. The number of carbonyl (C=O) groups is 2. The molecule has 0 bridgehead atoms. The lowest BCUT2D eigenvalue weighted by Gasteiger charge is -2.19. The molecule has 5 N–H and O–H groups in total. The van der Waals surface area contributed by atoms with Crippen LogP contribution >= 0.6 is 0 Å². The fourth-order valence-corrected chi connectivity index (χ4v) is 2.27. The van der Waals surface area contributed by atoms with Gasteiger partial charge < -0.3 is 16.6 Å². The van der Waals surface area contributed by atoms with Crippen molar-refractivity contribution in [2.24, 2.45) is 0 Å². The molecule has 0 saturated heterocycles. The van der Waals surface area contributed by atoms with Crippen LogP contribution in [0.15, 0.2) is 42.5 Å². The van der Waals surface area contributed by atoms with Crippen LogP contribution in [0.2, 0.25) is 0 Å². The average Bonchev–Trinajstić information content (AvgIpc) is 2.53. The first-order valence-electron chi connectivity index (χ1n) is 7.37. The zero-order valence-corrected chi connectivity index (χ0v) is 14.6. The third-order valence-electron chi connectivity index (χ3n) is 3.73. The van der Waals surface area contributed by atoms with Gasteiger partial charge in [-0.1, -0.05) is 45.0 Å². The summed E-state index contributed by atoms with van der Waals surface area (Å²) in [6, 6.07) is 12.0. The number of ketones is 1. The molecule has 2 aromatic carbocycles. The van der Waals surface area contributed by atoms with E-state index in [-0.39, 0.29) is 17.3 Å². The van der Waals surface area contributed by atoms with Crippen molar-refractivity contribution in [2.45, 2.75) is 26.2 Å². The Morgan fingerprint density at radius 1 is 0.958 bits per heavy atom. The zero-order chi connectivity index (χ0) is 17.2. The van der Waals surface area contributed by atoms with Crippen LogP contribution in [-0.2, 0) is 10.2 Å². The first kappa shape index (κ1) is 19.4. The number of nitrogens with two attached hydrogens (primary N) is 1. The highest BCUT2D eigenvalue weighted by molar-refractivity contribution is 6.13. The molecular weight excluding hydrogens is 304 g/mol. The molecule has 5 nitrogen and oxygen atoms in total. The minimum absolute atomic E-state index is 0. The summed E-state index contributed by atoms with van der Waals surface area (Å²) in [5.74, 6) is -0.712. The maximum absolute atomic E-state index is 12.7. The normalized spacial score (nSPS) is 10.7. The molecule has 2 rings (SSSR count). The fourth-order valence-electron chi connectivity index (χ4n) is 2.27. The van der Waals surface area contributed by atoms with Crippen LogP contribution in [0.5, 0.6) is 0 Å². The minimum Gasteiger partial charge on any atom is -0.465 e. The lowest BCUT2D eigenvalue weighted by Crippen LogP contribution is -2.12. The number of hydrogen-bond acceptors (Lipinski definition) is 5. The van der Waals surface area contributed by atoms with Crippen molar-refractivity contribution < 1.29 is 14.3 Å². The topological polar surface area (TPSA) is 104 Å². The predicted molar refractivity (Wildman–Crippen MR) is 95.8 cm³/mol. The number of ether oxygens (including phenoxy) is 1. The Morgan fingerprint density at radius 3 is 2.00 bits per heavy atom. The average molecular weight is 328 g/mol. The van der Waals surface area contributed by atoms with Crippen LogP contribution in [0.25, 0.3) is 0 Å². The molecule has 2 aromatic rings. The molecule has 0 unspecified atom stereocenters. The van der Waals surface area contributed by atoms with Gasteiger partial charge in [0.05, 0.1) is 12.7 Å². The molecule has 0 saturated carbocycles. The number of methoxy groups -OCH3 is 1. The van der Waals surface area contributed by atoms with E-state index in [9.17, 15) is 9.59 Å². The molecule has 0 fully saturated rings. The van der Waals surface area contributed by atoms with E-state index in [1.54, 1.807) is 24.3 Å². The Hall–Kier alpha value is -2.66. The summed E-state index contributed by atoms with van der Waals surface area (Å²) in [6.07, 6.45) is 0. The number of rotatable bonds is 3. The monoisotopic (exact) mass is 328 g/mol. The van der Waals surface area contributed by atoms with Gasteiger partial charge in [-0.2, -0.15) is 0 Å². The summed E-state index contributed by atoms with van der Waals surface area (Å²) in [7, 11) is 1.30. The molecular formula is C19H24N2O3. The van der Waals surface area contributed by atoms with Crippen molar-refractivity contribution in [1.29, 1.82) is 0 Å². The van der Waals surface area contributed by atoms with E-state index in [2.05, 4.69) is 25.5 Å². The number of benzene rings is 2. The molecule has 128 valence electrons. The Bertz CT molecular complexity index is 744. The van der Waals surface area contributed by atoms with Crippen LogP contribution in [-0.4, -0.2) is 18.9 Å². The molecule has 0 spiro atoms. The third-order valence-corrected chi connectivity index (χ3v) is 3.73. The lowest BCUT2D eigenvalue weighted by molar-refractivity contribution is 0.0600. The van der Waals surface area contributed by atoms with Gasteiger partial charge in [0.1, 0.15) is 0 Å². The Balaban J connectivity index is 0.00000288. The molecule has 0 atom stereocenters. The summed E-state index contributed by atoms with van der Waals surface area (Å²) in [6.45, 7) is 6.34. The number of esters is 1. The molecule has 0 aromatic heterocycles. The first-order chi connectivity index (χ1) is 10.7. The number of hydrogen-bond donors (Lipinski definition) is 2. The lowest BCUT2D eigenvalue weighted by atomic mass is 9.86. The van der Waals surface area contributed by atoms with Gasteiger partial charge in [0, 0.05) is 16.8 Å². The maximum atomic E-state index is 12.7. The Kier molecular flexibility index (Phi) is 5.88. The van der Waals surface area contributed by atoms with E-state index in [1.807, 2.05) is 12.1 Å². The fraction of sp³-hybridized carbons (Fsp3) is 0.263. The highest BCUT2D eigenvalue weighted by Crippen LogP contribution is 2.24. The van der Waals surface area contributed by atoms with Crippen LogP contribution < -0.4 is 11.9 Å². The smallest absolute Gasteiger partial charge is 0.337 e. The molecule has 0 aliphatic rings. The van der Waals surface area contributed by atoms with Crippen LogP contribution in [0.3, 0.4) is 0 Å². The molecule has 0 aliphatic carbocycles. The van der Waals surface area contributed by atoms with Gasteiger partial charge >= 0.3 is 5.97 Å². The van der Waals surface area contributed by atoms with Crippen molar-refractivity contribution in [3.05, 3.63) is 64.7 Å².